The maximum absolute atomic E-state index is 13.2. The van der Waals surface area contributed by atoms with E-state index in [0.29, 0.717) is 32.2 Å². The van der Waals surface area contributed by atoms with Gasteiger partial charge in [-0.05, 0) is 44.9 Å². The second kappa shape index (κ2) is 8.78. The van der Waals surface area contributed by atoms with Crippen LogP contribution in [0.1, 0.15) is 59.3 Å². The third-order valence-electron chi connectivity index (χ3n) is 7.20. The Hall–Kier alpha value is -1.94. The van der Waals surface area contributed by atoms with Crippen molar-refractivity contribution >= 4 is 27.7 Å². The number of sulfonamides is 1. The highest BCUT2D eigenvalue weighted by molar-refractivity contribution is 7.91. The lowest BCUT2D eigenvalue weighted by Crippen LogP contribution is -2.57. The van der Waals surface area contributed by atoms with Crippen LogP contribution >= 0.6 is 0 Å². The van der Waals surface area contributed by atoms with Crippen LogP contribution in [0.5, 0.6) is 0 Å². The van der Waals surface area contributed by atoms with E-state index in [1.165, 1.54) is 0 Å². The first kappa shape index (κ1) is 24.7. The fourth-order valence-electron chi connectivity index (χ4n) is 4.39. The van der Waals surface area contributed by atoms with Crippen molar-refractivity contribution in [3.8, 4) is 0 Å². The van der Waals surface area contributed by atoms with Crippen molar-refractivity contribution in [3.63, 3.8) is 0 Å². The van der Waals surface area contributed by atoms with Gasteiger partial charge in [0.2, 0.25) is 21.8 Å². The minimum atomic E-state index is -3.83. The second-order valence-corrected chi connectivity index (χ2v) is 12.0. The van der Waals surface area contributed by atoms with E-state index >= 15 is 0 Å². The highest BCUT2D eigenvalue weighted by Gasteiger charge is 2.62. The Bertz CT molecular complexity index is 895. The molecule has 5 unspecified atom stereocenters. The van der Waals surface area contributed by atoms with Crippen molar-refractivity contribution in [2.45, 2.75) is 81.7 Å². The first-order valence-corrected chi connectivity index (χ1v) is 12.7. The Morgan fingerprint density at radius 3 is 2.47 bits per heavy atom. The molecule has 0 radical (unpaired) electrons. The van der Waals surface area contributed by atoms with Gasteiger partial charge in [-0.15, -0.1) is 6.58 Å². The second-order valence-electron chi connectivity index (χ2n) is 9.76. The summed E-state index contributed by atoms with van der Waals surface area (Å²) in [6, 6.07) is -0.708. The quantitative estimate of drug-likeness (QED) is 0.462. The number of methoxy groups -OCH3 is 1. The number of nitrogens with one attached hydrogen (secondary N) is 2. The van der Waals surface area contributed by atoms with E-state index in [0.717, 1.165) is 0 Å². The van der Waals surface area contributed by atoms with E-state index in [2.05, 4.69) is 16.6 Å². The summed E-state index contributed by atoms with van der Waals surface area (Å²) in [4.78, 5) is 40.6. The number of amides is 3. The standard InChI is InChI=1S/C22H35N3O6S/c1-6-15-12-22(15,20(28)24-32(29,30)21(4)8-9-21)23-19(27)17-10-14(3)13-25(17)18(26)11-16(7-2)31-5/h6,14-17H,1,7-13H2,2-5H3,(H,23,27)(H,24,28). The van der Waals surface area contributed by atoms with Crippen LogP contribution in [0.4, 0.5) is 0 Å². The van der Waals surface area contributed by atoms with Crippen LogP contribution in [-0.4, -0.2) is 67.1 Å². The summed E-state index contributed by atoms with van der Waals surface area (Å²) in [5.74, 6) is -1.58. The number of nitrogens with zero attached hydrogens (tertiary/aromatic N) is 1. The number of carbonyl (C=O) groups is 3. The SMILES string of the molecule is C=CC1CC1(NC(=O)C1CC(C)CN1C(=O)CC(CC)OC)C(=O)NS(=O)(=O)C1(C)CC1. The number of hydrogen-bond donors (Lipinski definition) is 2. The van der Waals surface area contributed by atoms with Gasteiger partial charge in [0, 0.05) is 19.6 Å². The highest BCUT2D eigenvalue weighted by atomic mass is 32.2. The van der Waals surface area contributed by atoms with E-state index in [1.54, 1.807) is 25.0 Å². The highest BCUT2D eigenvalue weighted by Crippen LogP contribution is 2.47. The summed E-state index contributed by atoms with van der Waals surface area (Å²) in [7, 11) is -2.28. The molecule has 180 valence electrons. The minimum Gasteiger partial charge on any atom is -0.381 e. The van der Waals surface area contributed by atoms with Crippen LogP contribution < -0.4 is 10.0 Å². The Morgan fingerprint density at radius 2 is 1.97 bits per heavy atom. The summed E-state index contributed by atoms with van der Waals surface area (Å²) < 4.78 is 31.6. The van der Waals surface area contributed by atoms with Gasteiger partial charge in [0.15, 0.2) is 0 Å². The third kappa shape index (κ3) is 4.57. The summed E-state index contributed by atoms with van der Waals surface area (Å²) in [5.41, 5.74) is -1.35. The van der Waals surface area contributed by atoms with E-state index in [1.807, 2.05) is 13.8 Å². The van der Waals surface area contributed by atoms with Crippen LogP contribution in [0.15, 0.2) is 12.7 Å². The van der Waals surface area contributed by atoms with Gasteiger partial charge in [0.25, 0.3) is 5.91 Å². The molecular weight excluding hydrogens is 434 g/mol. The predicted molar refractivity (Wildman–Crippen MR) is 119 cm³/mol. The number of hydrogen-bond acceptors (Lipinski definition) is 6. The van der Waals surface area contributed by atoms with Gasteiger partial charge in [-0.25, -0.2) is 8.42 Å². The van der Waals surface area contributed by atoms with E-state index in [4.69, 9.17) is 4.74 Å². The summed E-state index contributed by atoms with van der Waals surface area (Å²) in [5, 5.41) is 2.78. The Morgan fingerprint density at radius 1 is 1.31 bits per heavy atom. The van der Waals surface area contributed by atoms with Crippen LogP contribution in [-0.2, 0) is 29.1 Å². The summed E-state index contributed by atoms with van der Waals surface area (Å²) in [6.07, 6.45) is 3.94. The molecule has 0 bridgehead atoms. The zero-order valence-electron chi connectivity index (χ0n) is 19.3. The molecular formula is C22H35N3O6S. The fraction of sp³-hybridized carbons (Fsp3) is 0.773. The Kier molecular flexibility index (Phi) is 6.77. The Balaban J connectivity index is 1.73. The maximum atomic E-state index is 13.2. The largest absolute Gasteiger partial charge is 0.381 e. The van der Waals surface area contributed by atoms with Crippen LogP contribution in [0.25, 0.3) is 0 Å². The lowest BCUT2D eigenvalue weighted by molar-refractivity contribution is -0.141. The number of carbonyl (C=O) groups excluding carboxylic acids is 3. The molecule has 0 aromatic rings. The average Bonchev–Trinajstić information content (AvgIpc) is 3.62. The van der Waals surface area contributed by atoms with Gasteiger partial charge in [-0.3, -0.25) is 19.1 Å². The van der Waals surface area contributed by atoms with Crippen molar-refractivity contribution in [1.29, 1.82) is 0 Å². The molecule has 3 aliphatic rings. The smallest absolute Gasteiger partial charge is 0.259 e. The monoisotopic (exact) mass is 469 g/mol. The number of ether oxygens (including phenoxy) is 1. The third-order valence-corrected chi connectivity index (χ3v) is 9.36. The zero-order valence-corrected chi connectivity index (χ0v) is 20.2. The van der Waals surface area contributed by atoms with Crippen LogP contribution in [0.2, 0.25) is 0 Å². The molecule has 0 aromatic heterocycles. The van der Waals surface area contributed by atoms with Gasteiger partial charge < -0.3 is 15.0 Å². The molecule has 5 atom stereocenters. The summed E-state index contributed by atoms with van der Waals surface area (Å²) in [6.45, 7) is 9.66. The molecule has 2 saturated carbocycles. The zero-order chi connectivity index (χ0) is 23.9. The first-order chi connectivity index (χ1) is 14.9. The lowest BCUT2D eigenvalue weighted by Gasteiger charge is -2.28. The molecule has 0 aromatic carbocycles. The van der Waals surface area contributed by atoms with Crippen molar-refractivity contribution in [3.05, 3.63) is 12.7 Å². The molecule has 1 heterocycles. The molecule has 1 saturated heterocycles. The predicted octanol–water partition coefficient (Wildman–Crippen LogP) is 1.10. The fourth-order valence-corrected chi connectivity index (χ4v) is 5.71. The van der Waals surface area contributed by atoms with Crippen molar-refractivity contribution < 1.29 is 27.5 Å². The van der Waals surface area contributed by atoms with Crippen molar-refractivity contribution in [2.75, 3.05) is 13.7 Å². The molecule has 2 N–H and O–H groups in total. The van der Waals surface area contributed by atoms with Gasteiger partial charge in [0.1, 0.15) is 11.6 Å². The minimum absolute atomic E-state index is 0.131. The molecule has 3 rings (SSSR count). The van der Waals surface area contributed by atoms with E-state index in [9.17, 15) is 22.8 Å². The molecule has 3 fully saturated rings. The topological polar surface area (TPSA) is 122 Å². The van der Waals surface area contributed by atoms with E-state index in [-0.39, 0.29) is 36.7 Å². The van der Waals surface area contributed by atoms with Crippen LogP contribution in [0.3, 0.4) is 0 Å². The van der Waals surface area contributed by atoms with Gasteiger partial charge in [0.05, 0.1) is 17.3 Å². The van der Waals surface area contributed by atoms with Gasteiger partial charge in [-0.1, -0.05) is 19.9 Å². The van der Waals surface area contributed by atoms with Crippen LogP contribution in [0, 0.1) is 11.8 Å². The van der Waals surface area contributed by atoms with Crippen molar-refractivity contribution in [2.24, 2.45) is 11.8 Å². The molecule has 32 heavy (non-hydrogen) atoms. The number of rotatable bonds is 10. The Labute approximate surface area is 190 Å². The lowest BCUT2D eigenvalue weighted by atomic mass is 10.1. The first-order valence-electron chi connectivity index (χ1n) is 11.3. The van der Waals surface area contributed by atoms with Gasteiger partial charge >= 0.3 is 0 Å². The molecule has 9 nitrogen and oxygen atoms in total. The molecule has 3 amide bonds. The van der Waals surface area contributed by atoms with E-state index < -0.39 is 38.2 Å². The summed E-state index contributed by atoms with van der Waals surface area (Å²) >= 11 is 0. The molecule has 0 spiro atoms. The number of likely N-dealkylation sites (tertiary alicyclic amines) is 1. The molecule has 2 aliphatic carbocycles. The molecule has 10 heteroatoms. The molecule has 1 aliphatic heterocycles. The van der Waals surface area contributed by atoms with Gasteiger partial charge in [-0.2, -0.15) is 0 Å². The van der Waals surface area contributed by atoms with Crippen molar-refractivity contribution in [1.82, 2.24) is 14.9 Å². The average molecular weight is 470 g/mol. The maximum Gasteiger partial charge on any atom is 0.259 e. The normalized spacial score (nSPS) is 31.5.